The molecule has 0 spiro atoms. The van der Waals surface area contributed by atoms with Crippen molar-refractivity contribution in [2.24, 2.45) is 0 Å². The maximum Gasteiger partial charge on any atom is 0.261 e. The third-order valence-electron chi connectivity index (χ3n) is 3.51. The summed E-state index contributed by atoms with van der Waals surface area (Å²) < 4.78 is 32.0. The van der Waals surface area contributed by atoms with Crippen LogP contribution in [0.2, 0.25) is 5.02 Å². The Labute approximate surface area is 155 Å². The summed E-state index contributed by atoms with van der Waals surface area (Å²) in [7, 11) is -3.72. The molecule has 0 unspecified atom stereocenters. The number of carbonyl (C=O) groups is 1. The molecule has 7 nitrogen and oxygen atoms in total. The first kappa shape index (κ1) is 18.0. The summed E-state index contributed by atoms with van der Waals surface area (Å²) in [6.45, 7) is 1.64. The van der Waals surface area contributed by atoms with Crippen LogP contribution in [-0.4, -0.2) is 19.5 Å². The molecule has 1 aromatic heterocycles. The van der Waals surface area contributed by atoms with Crippen molar-refractivity contribution in [2.45, 2.75) is 11.8 Å². The van der Waals surface area contributed by atoms with E-state index in [0.29, 0.717) is 27.7 Å². The monoisotopic (exact) mass is 391 g/mol. The lowest BCUT2D eigenvalue weighted by molar-refractivity contribution is 0.102. The van der Waals surface area contributed by atoms with E-state index in [9.17, 15) is 13.2 Å². The van der Waals surface area contributed by atoms with Gasteiger partial charge in [0.15, 0.2) is 0 Å². The minimum Gasteiger partial charge on any atom is -0.361 e. The van der Waals surface area contributed by atoms with Crippen LogP contribution in [0.4, 0.5) is 11.4 Å². The number of carbonyl (C=O) groups excluding carboxylic acids is 1. The highest BCUT2D eigenvalue weighted by molar-refractivity contribution is 7.92. The molecule has 0 radical (unpaired) electrons. The van der Waals surface area contributed by atoms with Crippen LogP contribution < -0.4 is 10.0 Å². The molecule has 0 fully saturated rings. The maximum atomic E-state index is 12.3. The molecule has 3 rings (SSSR count). The largest absolute Gasteiger partial charge is 0.361 e. The third-order valence-corrected chi connectivity index (χ3v) is 5.16. The number of aromatic nitrogens is 1. The van der Waals surface area contributed by atoms with E-state index in [1.165, 1.54) is 30.5 Å². The van der Waals surface area contributed by atoms with E-state index in [2.05, 4.69) is 15.2 Å². The Balaban J connectivity index is 1.70. The summed E-state index contributed by atoms with van der Waals surface area (Å²) in [4.78, 5) is 12.2. The van der Waals surface area contributed by atoms with Crippen molar-refractivity contribution < 1.29 is 17.7 Å². The molecule has 0 atom stereocenters. The third kappa shape index (κ3) is 4.04. The van der Waals surface area contributed by atoms with Gasteiger partial charge >= 0.3 is 0 Å². The second-order valence-corrected chi connectivity index (χ2v) is 7.51. The molecule has 0 aliphatic heterocycles. The molecular formula is C17H14ClN3O4S. The second-order valence-electron chi connectivity index (χ2n) is 5.39. The van der Waals surface area contributed by atoms with Gasteiger partial charge in [-0.1, -0.05) is 16.8 Å². The molecular weight excluding hydrogens is 378 g/mol. The smallest absolute Gasteiger partial charge is 0.261 e. The highest BCUT2D eigenvalue weighted by atomic mass is 35.5. The van der Waals surface area contributed by atoms with Crippen LogP contribution in [0.3, 0.4) is 0 Å². The molecule has 1 amide bonds. The molecule has 26 heavy (non-hydrogen) atoms. The van der Waals surface area contributed by atoms with Crippen molar-refractivity contribution >= 4 is 38.9 Å². The molecule has 0 aliphatic rings. The molecule has 0 saturated carbocycles. The van der Waals surface area contributed by atoms with Crippen LogP contribution in [0, 0.1) is 6.92 Å². The first-order chi connectivity index (χ1) is 12.3. The van der Waals surface area contributed by atoms with Crippen molar-refractivity contribution in [3.05, 3.63) is 71.1 Å². The number of sulfonamides is 1. The van der Waals surface area contributed by atoms with E-state index in [0.717, 1.165) is 0 Å². The topological polar surface area (TPSA) is 101 Å². The summed E-state index contributed by atoms with van der Waals surface area (Å²) in [6.07, 6.45) is 1.33. The van der Waals surface area contributed by atoms with Gasteiger partial charge in [-0.25, -0.2) is 8.42 Å². The van der Waals surface area contributed by atoms with Gasteiger partial charge in [-0.15, -0.1) is 0 Å². The van der Waals surface area contributed by atoms with Crippen molar-refractivity contribution in [3.8, 4) is 0 Å². The number of anilines is 2. The Kier molecular flexibility index (Phi) is 4.97. The number of nitrogens with zero attached hydrogens (tertiary/aromatic N) is 1. The minimum atomic E-state index is -3.72. The number of halogens is 1. The number of hydrogen-bond donors (Lipinski definition) is 2. The lowest BCUT2D eigenvalue weighted by atomic mass is 10.2. The lowest BCUT2D eigenvalue weighted by Crippen LogP contribution is -2.14. The SMILES string of the molecule is Cc1oncc1C(=O)Nc1ccc(NS(=O)(=O)c2ccc(Cl)cc2)cc1. The predicted molar refractivity (Wildman–Crippen MR) is 97.9 cm³/mol. The van der Waals surface area contributed by atoms with E-state index in [1.807, 2.05) is 0 Å². The highest BCUT2D eigenvalue weighted by Gasteiger charge is 2.15. The first-order valence-electron chi connectivity index (χ1n) is 7.46. The van der Waals surface area contributed by atoms with Gasteiger partial charge in [0.25, 0.3) is 15.9 Å². The Hall–Kier alpha value is -2.84. The van der Waals surface area contributed by atoms with Crippen LogP contribution >= 0.6 is 11.6 Å². The normalized spacial score (nSPS) is 11.2. The molecule has 9 heteroatoms. The van der Waals surface area contributed by atoms with Gasteiger partial charge < -0.3 is 9.84 Å². The number of benzene rings is 2. The molecule has 134 valence electrons. The Morgan fingerprint density at radius 1 is 1.04 bits per heavy atom. The van der Waals surface area contributed by atoms with E-state index < -0.39 is 10.0 Å². The summed E-state index contributed by atoms with van der Waals surface area (Å²) >= 11 is 5.77. The molecule has 0 saturated heterocycles. The molecule has 0 bridgehead atoms. The molecule has 1 heterocycles. The number of aryl methyl sites for hydroxylation is 1. The van der Waals surface area contributed by atoms with Gasteiger partial charge in [0.05, 0.1) is 11.1 Å². The fourth-order valence-corrected chi connectivity index (χ4v) is 3.35. The van der Waals surface area contributed by atoms with E-state index in [-0.39, 0.29) is 10.8 Å². The van der Waals surface area contributed by atoms with Gasteiger partial charge in [-0.05, 0) is 55.5 Å². The molecule has 3 aromatic rings. The van der Waals surface area contributed by atoms with Gasteiger partial charge in [0, 0.05) is 16.4 Å². The summed E-state index contributed by atoms with van der Waals surface area (Å²) in [5, 5.41) is 6.69. The lowest BCUT2D eigenvalue weighted by Gasteiger charge is -2.09. The van der Waals surface area contributed by atoms with Gasteiger partial charge in [0.1, 0.15) is 11.3 Å². The average Bonchev–Trinajstić information content (AvgIpc) is 3.03. The Morgan fingerprint density at radius 3 is 2.23 bits per heavy atom. The molecule has 0 aliphatic carbocycles. The fourth-order valence-electron chi connectivity index (χ4n) is 2.16. The van der Waals surface area contributed by atoms with E-state index in [1.54, 1.807) is 31.2 Å². The average molecular weight is 392 g/mol. The minimum absolute atomic E-state index is 0.0993. The highest BCUT2D eigenvalue weighted by Crippen LogP contribution is 2.20. The summed E-state index contributed by atoms with van der Waals surface area (Å²) in [6, 6.07) is 12.1. The zero-order chi connectivity index (χ0) is 18.7. The first-order valence-corrected chi connectivity index (χ1v) is 9.32. The van der Waals surface area contributed by atoms with Crippen LogP contribution in [0.25, 0.3) is 0 Å². The van der Waals surface area contributed by atoms with Crippen molar-refractivity contribution in [1.29, 1.82) is 0 Å². The second kappa shape index (κ2) is 7.19. The quantitative estimate of drug-likeness (QED) is 0.690. The molecule has 2 aromatic carbocycles. The fraction of sp³-hybridized carbons (Fsp3) is 0.0588. The zero-order valence-corrected chi connectivity index (χ0v) is 15.1. The number of hydrogen-bond acceptors (Lipinski definition) is 5. The van der Waals surface area contributed by atoms with Crippen LogP contribution in [-0.2, 0) is 10.0 Å². The van der Waals surface area contributed by atoms with Gasteiger partial charge in [0.2, 0.25) is 0 Å². The standard InChI is InChI=1S/C17H14ClN3O4S/c1-11-16(10-19-25-11)17(22)20-13-4-6-14(7-5-13)21-26(23,24)15-8-2-12(18)3-9-15/h2-10,21H,1H3,(H,20,22). The van der Waals surface area contributed by atoms with Crippen LogP contribution in [0.5, 0.6) is 0 Å². The summed E-state index contributed by atoms with van der Waals surface area (Å²) in [5.41, 5.74) is 1.20. The van der Waals surface area contributed by atoms with Crippen LogP contribution in [0.15, 0.2) is 64.1 Å². The van der Waals surface area contributed by atoms with E-state index in [4.69, 9.17) is 16.1 Å². The van der Waals surface area contributed by atoms with Crippen LogP contribution in [0.1, 0.15) is 16.1 Å². The molecule has 2 N–H and O–H groups in total. The van der Waals surface area contributed by atoms with Gasteiger partial charge in [-0.2, -0.15) is 0 Å². The van der Waals surface area contributed by atoms with Gasteiger partial charge in [-0.3, -0.25) is 9.52 Å². The predicted octanol–water partition coefficient (Wildman–Crippen LogP) is 3.69. The van der Waals surface area contributed by atoms with Crippen molar-refractivity contribution in [3.63, 3.8) is 0 Å². The Morgan fingerprint density at radius 2 is 1.65 bits per heavy atom. The summed E-state index contributed by atoms with van der Waals surface area (Å²) in [5.74, 6) is 0.0492. The Bertz CT molecular complexity index is 1030. The number of rotatable bonds is 5. The van der Waals surface area contributed by atoms with Crippen molar-refractivity contribution in [1.82, 2.24) is 5.16 Å². The number of amides is 1. The number of nitrogens with one attached hydrogen (secondary N) is 2. The maximum absolute atomic E-state index is 12.3. The van der Waals surface area contributed by atoms with E-state index >= 15 is 0 Å². The zero-order valence-electron chi connectivity index (χ0n) is 13.6. The van der Waals surface area contributed by atoms with Crippen molar-refractivity contribution in [2.75, 3.05) is 10.0 Å².